The molecule has 24 heavy (non-hydrogen) atoms. The molecule has 0 radical (unpaired) electrons. The summed E-state index contributed by atoms with van der Waals surface area (Å²) in [5.74, 6) is 0.644. The maximum Gasteiger partial charge on any atom is 0.257 e. The van der Waals surface area contributed by atoms with Crippen LogP contribution in [0.15, 0.2) is 0 Å². The van der Waals surface area contributed by atoms with E-state index in [0.717, 1.165) is 62.6 Å². The zero-order valence-corrected chi connectivity index (χ0v) is 15.7. The Balaban J connectivity index is 1.88. The highest BCUT2D eigenvalue weighted by atomic mass is 32.1. The summed E-state index contributed by atoms with van der Waals surface area (Å²) >= 11 is 1.60. The molecule has 132 valence electrons. The van der Waals surface area contributed by atoms with E-state index >= 15 is 0 Å². The molecule has 3 rings (SSSR count). The van der Waals surface area contributed by atoms with Crippen LogP contribution in [0.5, 0.6) is 0 Å². The fourth-order valence-electron chi connectivity index (χ4n) is 3.65. The van der Waals surface area contributed by atoms with Crippen molar-refractivity contribution < 1.29 is 9.59 Å². The van der Waals surface area contributed by atoms with E-state index in [2.05, 4.69) is 24.1 Å². The van der Waals surface area contributed by atoms with Gasteiger partial charge < -0.3 is 15.1 Å². The number of hydrogen-bond donors (Lipinski definition) is 1. The second kappa shape index (κ2) is 7.23. The first kappa shape index (κ1) is 17.4. The van der Waals surface area contributed by atoms with Gasteiger partial charge in [-0.05, 0) is 37.3 Å². The van der Waals surface area contributed by atoms with Crippen molar-refractivity contribution in [2.45, 2.75) is 40.0 Å². The molecule has 1 aliphatic carbocycles. The van der Waals surface area contributed by atoms with Gasteiger partial charge in [0.25, 0.3) is 5.91 Å². The van der Waals surface area contributed by atoms with Crippen LogP contribution in [-0.2, 0) is 17.6 Å². The molecule has 1 aromatic heterocycles. The van der Waals surface area contributed by atoms with Crippen LogP contribution in [0.2, 0.25) is 0 Å². The molecule has 1 atom stereocenters. The molecule has 1 aliphatic heterocycles. The predicted octanol–water partition coefficient (Wildman–Crippen LogP) is 2.61. The van der Waals surface area contributed by atoms with Gasteiger partial charge >= 0.3 is 0 Å². The number of rotatable bonds is 3. The summed E-state index contributed by atoms with van der Waals surface area (Å²) in [6, 6.07) is 0. The van der Waals surface area contributed by atoms with Gasteiger partial charge in [0.1, 0.15) is 5.00 Å². The quantitative estimate of drug-likeness (QED) is 0.913. The summed E-state index contributed by atoms with van der Waals surface area (Å²) in [6.07, 6.45) is 3.08. The standard InChI is InChI=1S/C18H27N3O2S/c1-4-20-7-9-21(10-8-20)18(23)16-14-6-5-12(2)11-15(14)24-17(16)19-13(3)22/h12H,4-11H2,1-3H3,(H,19,22)/t12-/m0/s1. The number of carbonyl (C=O) groups is 2. The molecule has 0 spiro atoms. The predicted molar refractivity (Wildman–Crippen MR) is 97.8 cm³/mol. The van der Waals surface area contributed by atoms with Gasteiger partial charge in [0.2, 0.25) is 5.91 Å². The maximum absolute atomic E-state index is 13.2. The van der Waals surface area contributed by atoms with Crippen LogP contribution in [0.1, 0.15) is 48.0 Å². The first-order valence-electron chi connectivity index (χ1n) is 8.93. The van der Waals surface area contributed by atoms with Crippen molar-refractivity contribution in [1.82, 2.24) is 9.80 Å². The molecule has 6 heteroatoms. The highest BCUT2D eigenvalue weighted by Crippen LogP contribution is 2.40. The second-order valence-electron chi connectivity index (χ2n) is 6.96. The fraction of sp³-hybridized carbons (Fsp3) is 0.667. The average molecular weight is 350 g/mol. The van der Waals surface area contributed by atoms with Crippen LogP contribution in [0.4, 0.5) is 5.00 Å². The smallest absolute Gasteiger partial charge is 0.257 e. The summed E-state index contributed by atoms with van der Waals surface area (Å²) < 4.78 is 0. The van der Waals surface area contributed by atoms with E-state index in [1.165, 1.54) is 17.4 Å². The third-order valence-corrected chi connectivity index (χ3v) is 6.29. The minimum Gasteiger partial charge on any atom is -0.336 e. The molecule has 1 fully saturated rings. The molecule has 1 aromatic rings. The molecule has 0 bridgehead atoms. The Hall–Kier alpha value is -1.40. The lowest BCUT2D eigenvalue weighted by molar-refractivity contribution is -0.114. The monoisotopic (exact) mass is 349 g/mol. The number of fused-ring (bicyclic) bond motifs is 1. The number of hydrogen-bond acceptors (Lipinski definition) is 4. The van der Waals surface area contributed by atoms with Gasteiger partial charge in [0, 0.05) is 38.0 Å². The van der Waals surface area contributed by atoms with Crippen LogP contribution in [0.3, 0.4) is 0 Å². The Morgan fingerprint density at radius 2 is 1.96 bits per heavy atom. The van der Waals surface area contributed by atoms with Crippen molar-refractivity contribution in [3.63, 3.8) is 0 Å². The lowest BCUT2D eigenvalue weighted by Gasteiger charge is -2.34. The molecular weight excluding hydrogens is 322 g/mol. The summed E-state index contributed by atoms with van der Waals surface area (Å²) in [5.41, 5.74) is 1.95. The molecular formula is C18H27N3O2S. The third-order valence-electron chi connectivity index (χ3n) is 5.12. The number of thiophene rings is 1. The van der Waals surface area contributed by atoms with Gasteiger partial charge in [-0.15, -0.1) is 11.3 Å². The van der Waals surface area contributed by atoms with Gasteiger partial charge in [-0.2, -0.15) is 0 Å². The zero-order chi connectivity index (χ0) is 17.3. The molecule has 2 aliphatic rings. The highest BCUT2D eigenvalue weighted by molar-refractivity contribution is 7.17. The first-order chi connectivity index (χ1) is 11.5. The molecule has 1 saturated heterocycles. The maximum atomic E-state index is 13.2. The third kappa shape index (κ3) is 3.49. The number of nitrogens with zero attached hydrogens (tertiary/aromatic N) is 2. The van der Waals surface area contributed by atoms with Gasteiger partial charge in [0.15, 0.2) is 0 Å². The number of carbonyl (C=O) groups excluding carboxylic acids is 2. The Kier molecular flexibility index (Phi) is 5.25. The van der Waals surface area contributed by atoms with Crippen molar-refractivity contribution in [2.75, 3.05) is 38.0 Å². The van der Waals surface area contributed by atoms with Crippen molar-refractivity contribution in [1.29, 1.82) is 0 Å². The van der Waals surface area contributed by atoms with Crippen LogP contribution in [0, 0.1) is 5.92 Å². The Labute approximate surface area is 148 Å². The molecule has 5 nitrogen and oxygen atoms in total. The Morgan fingerprint density at radius 1 is 1.25 bits per heavy atom. The van der Waals surface area contributed by atoms with E-state index in [9.17, 15) is 9.59 Å². The number of anilines is 1. The van der Waals surface area contributed by atoms with E-state index in [1.54, 1.807) is 11.3 Å². The number of likely N-dealkylation sites (N-methyl/N-ethyl adjacent to an activating group) is 1. The lowest BCUT2D eigenvalue weighted by Crippen LogP contribution is -2.48. The summed E-state index contributed by atoms with van der Waals surface area (Å²) in [6.45, 7) is 10.4. The number of piperazine rings is 1. The van der Waals surface area contributed by atoms with Crippen molar-refractivity contribution >= 4 is 28.2 Å². The van der Waals surface area contributed by atoms with Gasteiger partial charge in [-0.1, -0.05) is 13.8 Å². The van der Waals surface area contributed by atoms with Crippen molar-refractivity contribution in [2.24, 2.45) is 5.92 Å². The first-order valence-corrected chi connectivity index (χ1v) is 9.75. The average Bonchev–Trinajstić information content (AvgIpc) is 2.90. The SMILES string of the molecule is CCN1CCN(C(=O)c2c(NC(C)=O)sc3c2CC[C@H](C)C3)CC1. The van der Waals surface area contributed by atoms with E-state index in [4.69, 9.17) is 0 Å². The molecule has 0 aromatic carbocycles. The highest BCUT2D eigenvalue weighted by Gasteiger charge is 2.31. The molecule has 2 heterocycles. The minimum absolute atomic E-state index is 0.0987. The van der Waals surface area contributed by atoms with Crippen molar-refractivity contribution in [3.8, 4) is 0 Å². The number of amides is 2. The second-order valence-corrected chi connectivity index (χ2v) is 8.07. The summed E-state index contributed by atoms with van der Waals surface area (Å²) in [7, 11) is 0. The fourth-order valence-corrected chi connectivity index (χ4v) is 5.10. The Morgan fingerprint density at radius 3 is 2.58 bits per heavy atom. The molecule has 1 N–H and O–H groups in total. The summed E-state index contributed by atoms with van der Waals surface area (Å²) in [4.78, 5) is 30.4. The van der Waals surface area contributed by atoms with Crippen LogP contribution < -0.4 is 5.32 Å². The molecule has 2 amide bonds. The van der Waals surface area contributed by atoms with Gasteiger partial charge in [0.05, 0.1) is 5.56 Å². The van der Waals surface area contributed by atoms with Crippen LogP contribution in [-0.4, -0.2) is 54.3 Å². The topological polar surface area (TPSA) is 52.6 Å². The van der Waals surface area contributed by atoms with E-state index < -0.39 is 0 Å². The van der Waals surface area contributed by atoms with Gasteiger partial charge in [-0.25, -0.2) is 0 Å². The van der Waals surface area contributed by atoms with Crippen LogP contribution >= 0.6 is 11.3 Å². The molecule has 0 unspecified atom stereocenters. The van der Waals surface area contributed by atoms with E-state index in [1.807, 2.05) is 4.90 Å². The normalized spacial score (nSPS) is 21.5. The van der Waals surface area contributed by atoms with Crippen LogP contribution in [0.25, 0.3) is 0 Å². The minimum atomic E-state index is -0.105. The Bertz CT molecular complexity index is 632. The molecule has 0 saturated carbocycles. The lowest BCUT2D eigenvalue weighted by atomic mass is 9.88. The zero-order valence-electron chi connectivity index (χ0n) is 14.9. The summed E-state index contributed by atoms with van der Waals surface area (Å²) in [5, 5.41) is 3.66. The van der Waals surface area contributed by atoms with E-state index in [-0.39, 0.29) is 11.8 Å². The van der Waals surface area contributed by atoms with Crippen molar-refractivity contribution in [3.05, 3.63) is 16.0 Å². The largest absolute Gasteiger partial charge is 0.336 e. The van der Waals surface area contributed by atoms with E-state index in [0.29, 0.717) is 5.92 Å². The number of nitrogens with one attached hydrogen (secondary N) is 1. The van der Waals surface area contributed by atoms with Gasteiger partial charge in [-0.3, -0.25) is 9.59 Å².